The van der Waals surface area contributed by atoms with Gasteiger partial charge in [0.15, 0.2) is 5.82 Å². The normalized spacial score (nSPS) is 10.6. The minimum atomic E-state index is 0.0849. The average Bonchev–Trinajstić information content (AvgIpc) is 2.70. The predicted molar refractivity (Wildman–Crippen MR) is 111 cm³/mol. The summed E-state index contributed by atoms with van der Waals surface area (Å²) in [5, 5.41) is 14.5. The molecular weight excluding hydrogens is 354 g/mol. The van der Waals surface area contributed by atoms with E-state index in [-0.39, 0.29) is 6.10 Å². The number of methoxy groups -OCH3 is 1. The van der Waals surface area contributed by atoms with Gasteiger partial charge in [-0.05, 0) is 50.1 Å². The van der Waals surface area contributed by atoms with E-state index < -0.39 is 0 Å². The van der Waals surface area contributed by atoms with Crippen molar-refractivity contribution in [2.45, 2.75) is 26.4 Å². The number of hydrogen-bond acceptors (Lipinski definition) is 7. The average molecular weight is 379 g/mol. The fourth-order valence-corrected chi connectivity index (χ4v) is 2.61. The zero-order valence-electron chi connectivity index (χ0n) is 16.3. The molecule has 146 valence electrons. The number of nitrogens with zero attached hydrogens (tertiary/aromatic N) is 3. The van der Waals surface area contributed by atoms with Crippen LogP contribution in [-0.2, 0) is 6.42 Å². The van der Waals surface area contributed by atoms with Gasteiger partial charge in [0.2, 0.25) is 5.95 Å². The van der Waals surface area contributed by atoms with Gasteiger partial charge in [0.25, 0.3) is 0 Å². The standard InChI is InChI=1S/C21H25N5O2/c1-15(2)28-19-7-5-4-6-18(19)24-20-14-23-26-21(25-20)22-13-12-16-8-10-17(27-3)11-9-16/h4-11,14-15H,12-13H2,1-3H3,(H2,22,24,25,26). The first kappa shape index (κ1) is 19.4. The highest BCUT2D eigenvalue weighted by atomic mass is 16.5. The van der Waals surface area contributed by atoms with Crippen molar-refractivity contribution in [1.29, 1.82) is 0 Å². The molecule has 7 nitrogen and oxygen atoms in total. The highest BCUT2D eigenvalue weighted by Crippen LogP contribution is 2.27. The van der Waals surface area contributed by atoms with Crippen LogP contribution in [0.1, 0.15) is 19.4 Å². The fourth-order valence-electron chi connectivity index (χ4n) is 2.61. The zero-order chi connectivity index (χ0) is 19.8. The third-order valence-corrected chi connectivity index (χ3v) is 3.93. The number of ether oxygens (including phenoxy) is 2. The molecule has 7 heteroatoms. The van der Waals surface area contributed by atoms with Crippen molar-refractivity contribution in [3.8, 4) is 11.5 Å². The molecule has 0 radical (unpaired) electrons. The third kappa shape index (κ3) is 5.57. The highest BCUT2D eigenvalue weighted by Gasteiger charge is 2.07. The van der Waals surface area contributed by atoms with Gasteiger partial charge >= 0.3 is 0 Å². The van der Waals surface area contributed by atoms with Crippen molar-refractivity contribution in [3.05, 3.63) is 60.3 Å². The van der Waals surface area contributed by atoms with E-state index in [0.29, 0.717) is 18.3 Å². The maximum absolute atomic E-state index is 5.83. The van der Waals surface area contributed by atoms with Crippen molar-refractivity contribution in [1.82, 2.24) is 15.2 Å². The lowest BCUT2D eigenvalue weighted by Gasteiger charge is -2.15. The molecule has 0 amide bonds. The Morgan fingerprint density at radius 3 is 2.57 bits per heavy atom. The second-order valence-electron chi connectivity index (χ2n) is 6.48. The van der Waals surface area contributed by atoms with E-state index in [9.17, 15) is 0 Å². The van der Waals surface area contributed by atoms with Gasteiger partial charge in [-0.1, -0.05) is 24.3 Å². The number of rotatable bonds is 9. The Hall–Kier alpha value is -3.35. The second kappa shape index (κ2) is 9.55. The van der Waals surface area contributed by atoms with Crippen molar-refractivity contribution < 1.29 is 9.47 Å². The van der Waals surface area contributed by atoms with Crippen LogP contribution in [0.4, 0.5) is 17.5 Å². The molecule has 2 N–H and O–H groups in total. The number of aromatic nitrogens is 3. The Labute approximate surface area is 165 Å². The first-order valence-corrected chi connectivity index (χ1v) is 9.23. The molecule has 0 bridgehead atoms. The minimum Gasteiger partial charge on any atom is -0.497 e. The Morgan fingerprint density at radius 1 is 1.04 bits per heavy atom. The molecule has 0 aliphatic carbocycles. The maximum atomic E-state index is 5.83. The van der Waals surface area contributed by atoms with Crippen molar-refractivity contribution in [2.75, 3.05) is 24.3 Å². The number of para-hydroxylation sites is 2. The summed E-state index contributed by atoms with van der Waals surface area (Å²) in [5.74, 6) is 2.69. The van der Waals surface area contributed by atoms with Crippen LogP contribution >= 0.6 is 0 Å². The number of anilines is 3. The van der Waals surface area contributed by atoms with Crippen molar-refractivity contribution in [3.63, 3.8) is 0 Å². The van der Waals surface area contributed by atoms with E-state index >= 15 is 0 Å². The molecule has 1 heterocycles. The first-order chi connectivity index (χ1) is 13.6. The summed E-state index contributed by atoms with van der Waals surface area (Å²) in [6, 6.07) is 15.7. The molecule has 0 aliphatic rings. The first-order valence-electron chi connectivity index (χ1n) is 9.23. The molecule has 0 fully saturated rings. The van der Waals surface area contributed by atoms with Gasteiger partial charge < -0.3 is 20.1 Å². The van der Waals surface area contributed by atoms with Gasteiger partial charge in [-0.2, -0.15) is 10.1 Å². The summed E-state index contributed by atoms with van der Waals surface area (Å²) in [6.07, 6.45) is 2.51. The summed E-state index contributed by atoms with van der Waals surface area (Å²) >= 11 is 0. The van der Waals surface area contributed by atoms with E-state index in [2.05, 4.69) is 25.8 Å². The lowest BCUT2D eigenvalue weighted by molar-refractivity contribution is 0.244. The molecule has 0 spiro atoms. The van der Waals surface area contributed by atoms with Crippen LogP contribution in [0.3, 0.4) is 0 Å². The fraction of sp³-hybridized carbons (Fsp3) is 0.286. The van der Waals surface area contributed by atoms with E-state index in [1.165, 1.54) is 5.56 Å². The molecule has 0 saturated heterocycles. The van der Waals surface area contributed by atoms with E-state index in [1.54, 1.807) is 13.3 Å². The van der Waals surface area contributed by atoms with E-state index in [1.807, 2.05) is 62.4 Å². The van der Waals surface area contributed by atoms with Gasteiger partial charge in [-0.15, -0.1) is 5.10 Å². The van der Waals surface area contributed by atoms with Gasteiger partial charge in [0.1, 0.15) is 11.5 Å². The van der Waals surface area contributed by atoms with Crippen LogP contribution in [0.25, 0.3) is 0 Å². The Kier molecular flexibility index (Phi) is 6.62. The van der Waals surface area contributed by atoms with Crippen LogP contribution in [0.2, 0.25) is 0 Å². The summed E-state index contributed by atoms with van der Waals surface area (Å²) < 4.78 is 11.0. The molecule has 1 aromatic heterocycles. The summed E-state index contributed by atoms with van der Waals surface area (Å²) in [5.41, 5.74) is 2.04. The van der Waals surface area contributed by atoms with E-state index in [0.717, 1.165) is 23.6 Å². The predicted octanol–water partition coefficient (Wildman–Crippen LogP) is 4.07. The molecule has 28 heavy (non-hydrogen) atoms. The van der Waals surface area contributed by atoms with E-state index in [4.69, 9.17) is 9.47 Å². The Morgan fingerprint density at radius 2 is 1.82 bits per heavy atom. The number of hydrogen-bond donors (Lipinski definition) is 2. The van der Waals surface area contributed by atoms with Crippen LogP contribution in [-0.4, -0.2) is 34.9 Å². The Bertz CT molecular complexity index is 884. The molecule has 0 aliphatic heterocycles. The number of benzene rings is 2. The largest absolute Gasteiger partial charge is 0.497 e. The van der Waals surface area contributed by atoms with Crippen LogP contribution < -0.4 is 20.1 Å². The van der Waals surface area contributed by atoms with Crippen molar-refractivity contribution in [2.24, 2.45) is 0 Å². The van der Waals surface area contributed by atoms with Gasteiger partial charge in [0, 0.05) is 6.54 Å². The highest BCUT2D eigenvalue weighted by molar-refractivity contribution is 5.64. The number of nitrogens with one attached hydrogen (secondary N) is 2. The van der Waals surface area contributed by atoms with Gasteiger partial charge in [-0.3, -0.25) is 0 Å². The quantitative estimate of drug-likeness (QED) is 0.580. The molecule has 0 atom stereocenters. The summed E-state index contributed by atoms with van der Waals surface area (Å²) in [7, 11) is 1.66. The SMILES string of the molecule is COc1ccc(CCNc2nncc(Nc3ccccc3OC(C)C)n2)cc1. The van der Waals surface area contributed by atoms with Crippen LogP contribution in [0, 0.1) is 0 Å². The topological polar surface area (TPSA) is 81.2 Å². The zero-order valence-corrected chi connectivity index (χ0v) is 16.3. The van der Waals surface area contributed by atoms with Crippen molar-refractivity contribution >= 4 is 17.5 Å². The molecule has 0 unspecified atom stereocenters. The minimum absolute atomic E-state index is 0.0849. The molecule has 3 rings (SSSR count). The van der Waals surface area contributed by atoms with Gasteiger partial charge in [-0.25, -0.2) is 0 Å². The summed E-state index contributed by atoms with van der Waals surface area (Å²) in [6.45, 7) is 4.69. The molecular formula is C21H25N5O2. The molecule has 3 aromatic rings. The van der Waals surface area contributed by atoms with Gasteiger partial charge in [0.05, 0.1) is 25.1 Å². The Balaban J connectivity index is 1.59. The third-order valence-electron chi connectivity index (χ3n) is 3.93. The monoisotopic (exact) mass is 379 g/mol. The maximum Gasteiger partial charge on any atom is 0.244 e. The lowest BCUT2D eigenvalue weighted by Crippen LogP contribution is -2.10. The molecule has 2 aromatic carbocycles. The molecule has 0 saturated carbocycles. The smallest absolute Gasteiger partial charge is 0.244 e. The lowest BCUT2D eigenvalue weighted by atomic mass is 10.1. The second-order valence-corrected chi connectivity index (χ2v) is 6.48. The summed E-state index contributed by atoms with van der Waals surface area (Å²) in [4.78, 5) is 4.48. The van der Waals surface area contributed by atoms with Crippen LogP contribution in [0.5, 0.6) is 11.5 Å². The van der Waals surface area contributed by atoms with Crippen LogP contribution in [0.15, 0.2) is 54.7 Å².